The summed E-state index contributed by atoms with van der Waals surface area (Å²) in [5.74, 6) is -0.527. The first-order chi connectivity index (χ1) is 15.5. The van der Waals surface area contributed by atoms with Gasteiger partial charge in [0, 0.05) is 0 Å². The summed E-state index contributed by atoms with van der Waals surface area (Å²) in [4.78, 5) is 25.1. The highest BCUT2D eigenvalue weighted by Gasteiger charge is 2.14. The van der Waals surface area contributed by atoms with Crippen LogP contribution < -0.4 is 14.9 Å². The fourth-order valence-electron chi connectivity index (χ4n) is 3.03. The van der Waals surface area contributed by atoms with Crippen LogP contribution in [-0.2, 0) is 0 Å². The van der Waals surface area contributed by atoms with E-state index in [0.29, 0.717) is 16.2 Å². The molecule has 0 unspecified atom stereocenters. The highest BCUT2D eigenvalue weighted by atomic mass is 32.1. The maximum Gasteiger partial charge on any atom is 0.353 e. The number of rotatable bonds is 6. The van der Waals surface area contributed by atoms with Crippen LogP contribution in [0.1, 0.15) is 25.6 Å². The Morgan fingerprint density at radius 2 is 1.78 bits per heavy atom. The van der Waals surface area contributed by atoms with Crippen LogP contribution in [0.4, 0.5) is 0 Å². The number of ether oxygens (including phenoxy) is 2. The maximum absolute atomic E-state index is 12.4. The number of esters is 1. The predicted molar refractivity (Wildman–Crippen MR) is 123 cm³/mol. The summed E-state index contributed by atoms with van der Waals surface area (Å²) < 4.78 is 10.7. The summed E-state index contributed by atoms with van der Waals surface area (Å²) in [6.45, 7) is 0. The van der Waals surface area contributed by atoms with Gasteiger partial charge in [-0.3, -0.25) is 4.79 Å². The summed E-state index contributed by atoms with van der Waals surface area (Å²) in [5.41, 5.74) is 3.13. The van der Waals surface area contributed by atoms with Crippen molar-refractivity contribution in [3.05, 3.63) is 88.1 Å². The lowest BCUT2D eigenvalue weighted by Gasteiger charge is -2.09. The average Bonchev–Trinajstić information content (AvgIpc) is 3.34. The lowest BCUT2D eigenvalue weighted by atomic mass is 10.1. The quantitative estimate of drug-likeness (QED) is 0.195. The van der Waals surface area contributed by atoms with Crippen LogP contribution in [0.25, 0.3) is 10.8 Å². The zero-order chi connectivity index (χ0) is 22.5. The van der Waals surface area contributed by atoms with Gasteiger partial charge in [-0.2, -0.15) is 5.10 Å². The van der Waals surface area contributed by atoms with E-state index in [2.05, 4.69) is 10.5 Å². The molecule has 0 radical (unpaired) electrons. The van der Waals surface area contributed by atoms with Crippen molar-refractivity contribution in [3.63, 3.8) is 0 Å². The first kappa shape index (κ1) is 21.1. The average molecular weight is 446 g/mol. The van der Waals surface area contributed by atoms with Crippen molar-refractivity contribution in [1.82, 2.24) is 5.43 Å². The van der Waals surface area contributed by atoms with Crippen molar-refractivity contribution in [2.24, 2.45) is 5.10 Å². The van der Waals surface area contributed by atoms with Crippen molar-refractivity contribution >= 4 is 40.2 Å². The molecule has 2 N–H and O–H groups in total. The molecule has 7 nitrogen and oxygen atoms in total. The number of phenols is 1. The number of hydrogen-bond donors (Lipinski definition) is 2. The number of fused-ring (bicyclic) bond motifs is 1. The van der Waals surface area contributed by atoms with Gasteiger partial charge in [0.25, 0.3) is 5.91 Å². The van der Waals surface area contributed by atoms with Crippen molar-refractivity contribution < 1.29 is 24.2 Å². The topological polar surface area (TPSA) is 97.2 Å². The zero-order valence-electron chi connectivity index (χ0n) is 16.9. The molecule has 0 spiro atoms. The number of carbonyl (C=O) groups is 2. The van der Waals surface area contributed by atoms with Crippen LogP contribution in [0.15, 0.2) is 77.2 Å². The number of benzene rings is 3. The molecule has 1 aromatic heterocycles. The molecule has 3 aromatic carbocycles. The summed E-state index contributed by atoms with van der Waals surface area (Å²) >= 11 is 1.29. The number of nitrogens with one attached hydrogen (secondary N) is 1. The summed E-state index contributed by atoms with van der Waals surface area (Å²) in [5, 5.41) is 17.6. The molecule has 32 heavy (non-hydrogen) atoms. The molecule has 1 heterocycles. The van der Waals surface area contributed by atoms with Gasteiger partial charge in [0.2, 0.25) is 0 Å². The van der Waals surface area contributed by atoms with Gasteiger partial charge in [0.15, 0.2) is 11.5 Å². The smallest absolute Gasteiger partial charge is 0.353 e. The molecule has 160 valence electrons. The molecule has 0 aliphatic rings. The van der Waals surface area contributed by atoms with Crippen molar-refractivity contribution in [2.45, 2.75) is 0 Å². The Hall–Kier alpha value is -4.17. The van der Waals surface area contributed by atoms with E-state index in [9.17, 15) is 14.7 Å². The van der Waals surface area contributed by atoms with Crippen molar-refractivity contribution in [1.29, 1.82) is 0 Å². The number of thiophene rings is 1. The molecule has 8 heteroatoms. The molecule has 4 rings (SSSR count). The lowest BCUT2D eigenvalue weighted by Crippen LogP contribution is -2.17. The number of hydrogen-bond acceptors (Lipinski definition) is 7. The highest BCUT2D eigenvalue weighted by Crippen LogP contribution is 2.29. The van der Waals surface area contributed by atoms with Gasteiger partial charge in [-0.1, -0.05) is 30.3 Å². The van der Waals surface area contributed by atoms with Crippen LogP contribution in [-0.4, -0.2) is 30.3 Å². The number of amides is 1. The third kappa shape index (κ3) is 4.60. The van der Waals surface area contributed by atoms with Gasteiger partial charge < -0.3 is 14.6 Å². The zero-order valence-corrected chi connectivity index (χ0v) is 17.8. The number of nitrogens with zero attached hydrogens (tertiary/aromatic N) is 1. The van der Waals surface area contributed by atoms with E-state index in [1.807, 2.05) is 24.3 Å². The van der Waals surface area contributed by atoms with Crippen LogP contribution >= 0.6 is 11.3 Å². The van der Waals surface area contributed by atoms with Crippen LogP contribution in [0.2, 0.25) is 0 Å². The van der Waals surface area contributed by atoms with E-state index < -0.39 is 11.9 Å². The van der Waals surface area contributed by atoms with Gasteiger partial charge >= 0.3 is 5.97 Å². The number of phenolic OH excluding ortho intramolecular Hbond substituents is 1. The molecule has 0 saturated heterocycles. The molecule has 0 aliphatic heterocycles. The molecule has 0 bridgehead atoms. The second-order valence-corrected chi connectivity index (χ2v) is 7.64. The van der Waals surface area contributed by atoms with Crippen molar-refractivity contribution in [3.8, 4) is 17.2 Å². The minimum atomic E-state index is -0.544. The van der Waals surface area contributed by atoms with E-state index in [0.717, 1.165) is 10.8 Å². The first-order valence-electron chi connectivity index (χ1n) is 9.54. The minimum absolute atomic E-state index is 0.120. The molecular formula is C24H18N2O5S. The van der Waals surface area contributed by atoms with Crippen LogP contribution in [0.5, 0.6) is 17.2 Å². The summed E-state index contributed by atoms with van der Waals surface area (Å²) in [6.07, 6.45) is 1.42. The molecule has 0 saturated carbocycles. The maximum atomic E-state index is 12.4. The lowest BCUT2D eigenvalue weighted by molar-refractivity contribution is 0.0734. The first-order valence-corrected chi connectivity index (χ1v) is 10.4. The Bertz CT molecular complexity index is 1320. The van der Waals surface area contributed by atoms with Gasteiger partial charge in [-0.15, -0.1) is 11.3 Å². The summed E-state index contributed by atoms with van der Waals surface area (Å²) in [7, 11) is 1.46. The number of carbonyl (C=O) groups excluding carboxylic acids is 2. The molecular weight excluding hydrogens is 428 g/mol. The van der Waals surface area contributed by atoms with Crippen LogP contribution in [0.3, 0.4) is 0 Å². The Morgan fingerprint density at radius 3 is 2.50 bits per heavy atom. The molecule has 4 aromatic rings. The number of methoxy groups -OCH3 is 1. The Balaban J connectivity index is 1.46. The largest absolute Gasteiger partial charge is 0.507 e. The number of aromatic hydroxyl groups is 1. The van der Waals surface area contributed by atoms with E-state index in [1.165, 1.54) is 30.7 Å². The van der Waals surface area contributed by atoms with Gasteiger partial charge in [0.1, 0.15) is 10.6 Å². The SMILES string of the molecule is COc1cc(/C=N\NC(=O)c2cc3ccccc3cc2O)ccc1OC(=O)c1cccs1. The normalized spacial score (nSPS) is 10.9. The Kier molecular flexibility index (Phi) is 6.14. The molecule has 0 atom stereocenters. The van der Waals surface area contributed by atoms with E-state index in [-0.39, 0.29) is 17.1 Å². The predicted octanol–water partition coefficient (Wildman–Crippen LogP) is 4.60. The van der Waals surface area contributed by atoms with Gasteiger partial charge in [0.05, 0.1) is 18.9 Å². The molecule has 0 fully saturated rings. The monoisotopic (exact) mass is 446 g/mol. The minimum Gasteiger partial charge on any atom is -0.507 e. The third-order valence-corrected chi connectivity index (χ3v) is 5.45. The fraction of sp³-hybridized carbons (Fsp3) is 0.0417. The third-order valence-electron chi connectivity index (χ3n) is 4.60. The Labute approximate surface area is 187 Å². The van der Waals surface area contributed by atoms with Crippen molar-refractivity contribution in [2.75, 3.05) is 7.11 Å². The molecule has 1 amide bonds. The van der Waals surface area contributed by atoms with Crippen LogP contribution in [0, 0.1) is 0 Å². The standard InChI is InChI=1S/C24H18N2O5S/c1-30-21-11-15(8-9-20(21)31-24(29)22-7-4-10-32-22)14-25-26-23(28)18-12-16-5-2-3-6-17(16)13-19(18)27/h2-14,27H,1H3,(H,26,28)/b25-14-. The second-order valence-electron chi connectivity index (χ2n) is 6.69. The van der Waals surface area contributed by atoms with E-state index >= 15 is 0 Å². The number of hydrazone groups is 1. The summed E-state index contributed by atoms with van der Waals surface area (Å²) in [6, 6.07) is 18.9. The van der Waals surface area contributed by atoms with Gasteiger partial charge in [-0.25, -0.2) is 10.2 Å². The van der Waals surface area contributed by atoms with E-state index in [1.54, 1.807) is 41.8 Å². The van der Waals surface area contributed by atoms with Gasteiger partial charge in [-0.05, 0) is 58.1 Å². The fourth-order valence-corrected chi connectivity index (χ4v) is 3.63. The molecule has 0 aliphatic carbocycles. The Morgan fingerprint density at radius 1 is 1.00 bits per heavy atom. The highest BCUT2D eigenvalue weighted by molar-refractivity contribution is 7.12. The second kappa shape index (κ2) is 9.32. The van der Waals surface area contributed by atoms with E-state index in [4.69, 9.17) is 9.47 Å².